The summed E-state index contributed by atoms with van der Waals surface area (Å²) < 4.78 is 5.18. The molecule has 0 amide bonds. The van der Waals surface area contributed by atoms with Gasteiger partial charge in [0, 0.05) is 24.7 Å². The van der Waals surface area contributed by atoms with Crippen molar-refractivity contribution in [2.24, 2.45) is 0 Å². The number of carbonyl (C=O) groups is 1. The lowest BCUT2D eigenvalue weighted by atomic mass is 10.2. The van der Waals surface area contributed by atoms with Gasteiger partial charge in [-0.3, -0.25) is 4.79 Å². The first-order chi connectivity index (χ1) is 9.28. The first-order valence-electron chi connectivity index (χ1n) is 6.36. The highest BCUT2D eigenvalue weighted by Gasteiger charge is 2.02. The van der Waals surface area contributed by atoms with Crippen LogP contribution in [-0.4, -0.2) is 5.97 Å². The fraction of sp³-hybridized carbons (Fsp3) is 0.188. The van der Waals surface area contributed by atoms with Crippen LogP contribution in [0.5, 0.6) is 5.75 Å². The van der Waals surface area contributed by atoms with Gasteiger partial charge in [-0.05, 0) is 17.7 Å². The van der Waals surface area contributed by atoms with E-state index >= 15 is 0 Å². The van der Waals surface area contributed by atoms with E-state index in [0.717, 1.165) is 12.2 Å². The highest BCUT2D eigenvalue weighted by atomic mass is 16.5. The predicted molar refractivity (Wildman–Crippen MR) is 76.1 cm³/mol. The Bertz CT molecular complexity index is 537. The minimum Gasteiger partial charge on any atom is -0.426 e. The molecule has 0 bridgehead atoms. The summed E-state index contributed by atoms with van der Waals surface area (Å²) >= 11 is 0. The van der Waals surface area contributed by atoms with Gasteiger partial charge in [-0.2, -0.15) is 0 Å². The molecule has 3 nitrogen and oxygen atoms in total. The average molecular weight is 255 g/mol. The molecule has 0 saturated carbocycles. The number of anilines is 1. The first-order valence-corrected chi connectivity index (χ1v) is 6.36. The van der Waals surface area contributed by atoms with E-state index in [0.29, 0.717) is 12.2 Å². The molecule has 2 rings (SSSR count). The molecule has 19 heavy (non-hydrogen) atoms. The summed E-state index contributed by atoms with van der Waals surface area (Å²) in [5.41, 5.74) is 2.14. The van der Waals surface area contributed by atoms with Gasteiger partial charge in [0.05, 0.1) is 0 Å². The van der Waals surface area contributed by atoms with E-state index in [9.17, 15) is 4.79 Å². The van der Waals surface area contributed by atoms with Crippen LogP contribution in [0.2, 0.25) is 0 Å². The molecule has 0 aromatic heterocycles. The summed E-state index contributed by atoms with van der Waals surface area (Å²) in [6, 6.07) is 17.6. The Balaban J connectivity index is 1.97. The maximum Gasteiger partial charge on any atom is 0.310 e. The molecule has 0 unspecified atom stereocenters. The van der Waals surface area contributed by atoms with Gasteiger partial charge in [0.1, 0.15) is 5.75 Å². The first kappa shape index (κ1) is 13.1. The number of benzene rings is 2. The van der Waals surface area contributed by atoms with Gasteiger partial charge >= 0.3 is 5.97 Å². The second-order valence-corrected chi connectivity index (χ2v) is 4.19. The van der Waals surface area contributed by atoms with Crippen molar-refractivity contribution in [3.63, 3.8) is 0 Å². The molecule has 2 aromatic rings. The minimum absolute atomic E-state index is 0.222. The summed E-state index contributed by atoms with van der Waals surface area (Å²) in [6.45, 7) is 2.52. The molecule has 0 atom stereocenters. The molecule has 0 aliphatic carbocycles. The highest BCUT2D eigenvalue weighted by Crippen LogP contribution is 2.18. The molecule has 0 aliphatic heterocycles. The molecule has 0 saturated heterocycles. The van der Waals surface area contributed by atoms with Crippen LogP contribution in [0, 0.1) is 0 Å². The Kier molecular flexibility index (Phi) is 4.56. The topological polar surface area (TPSA) is 38.3 Å². The van der Waals surface area contributed by atoms with Crippen molar-refractivity contribution in [3.8, 4) is 5.75 Å². The Hall–Kier alpha value is -2.29. The van der Waals surface area contributed by atoms with Crippen molar-refractivity contribution < 1.29 is 9.53 Å². The van der Waals surface area contributed by atoms with Crippen LogP contribution in [-0.2, 0) is 11.3 Å². The number of esters is 1. The number of hydrogen-bond donors (Lipinski definition) is 1. The minimum atomic E-state index is -0.222. The molecule has 0 heterocycles. The predicted octanol–water partition coefficient (Wildman–Crippen LogP) is 3.61. The summed E-state index contributed by atoms with van der Waals surface area (Å²) in [4.78, 5) is 11.2. The van der Waals surface area contributed by atoms with E-state index in [-0.39, 0.29) is 5.97 Å². The molecular weight excluding hydrogens is 238 g/mol. The lowest BCUT2D eigenvalue weighted by molar-refractivity contribution is -0.134. The van der Waals surface area contributed by atoms with Gasteiger partial charge < -0.3 is 10.1 Å². The van der Waals surface area contributed by atoms with Crippen LogP contribution in [0.1, 0.15) is 18.9 Å². The van der Waals surface area contributed by atoms with Crippen LogP contribution in [0.4, 0.5) is 5.69 Å². The van der Waals surface area contributed by atoms with Crippen LogP contribution in [0.25, 0.3) is 0 Å². The number of rotatable bonds is 5. The van der Waals surface area contributed by atoms with Crippen molar-refractivity contribution in [2.45, 2.75) is 19.9 Å². The van der Waals surface area contributed by atoms with Gasteiger partial charge in [0.15, 0.2) is 0 Å². The Morgan fingerprint density at radius 1 is 1.11 bits per heavy atom. The van der Waals surface area contributed by atoms with Crippen LogP contribution >= 0.6 is 0 Å². The van der Waals surface area contributed by atoms with E-state index in [1.807, 2.05) is 36.4 Å². The fourth-order valence-electron chi connectivity index (χ4n) is 1.67. The van der Waals surface area contributed by atoms with Gasteiger partial charge in [-0.1, -0.05) is 43.3 Å². The summed E-state index contributed by atoms with van der Waals surface area (Å²) in [7, 11) is 0. The Labute approximate surface area is 113 Å². The molecule has 98 valence electrons. The van der Waals surface area contributed by atoms with E-state index in [4.69, 9.17) is 4.74 Å². The van der Waals surface area contributed by atoms with Crippen LogP contribution < -0.4 is 10.1 Å². The second-order valence-electron chi connectivity index (χ2n) is 4.19. The maximum absolute atomic E-state index is 11.2. The van der Waals surface area contributed by atoms with Crippen molar-refractivity contribution >= 4 is 11.7 Å². The zero-order chi connectivity index (χ0) is 13.5. The van der Waals surface area contributed by atoms with Crippen molar-refractivity contribution in [3.05, 3.63) is 60.2 Å². The molecule has 1 N–H and O–H groups in total. The van der Waals surface area contributed by atoms with Crippen molar-refractivity contribution in [2.75, 3.05) is 5.32 Å². The zero-order valence-electron chi connectivity index (χ0n) is 10.9. The van der Waals surface area contributed by atoms with Crippen molar-refractivity contribution in [1.82, 2.24) is 0 Å². The maximum atomic E-state index is 11.2. The third-order valence-corrected chi connectivity index (χ3v) is 2.69. The fourth-order valence-corrected chi connectivity index (χ4v) is 1.67. The molecule has 2 aromatic carbocycles. The van der Waals surface area contributed by atoms with Gasteiger partial charge in [-0.15, -0.1) is 0 Å². The number of ether oxygens (including phenoxy) is 1. The van der Waals surface area contributed by atoms with Crippen LogP contribution in [0.3, 0.4) is 0 Å². The number of nitrogens with one attached hydrogen (secondary N) is 1. The van der Waals surface area contributed by atoms with Gasteiger partial charge in [-0.25, -0.2) is 0 Å². The molecule has 3 heteroatoms. The highest BCUT2D eigenvalue weighted by molar-refractivity contribution is 5.72. The summed E-state index contributed by atoms with van der Waals surface area (Å²) in [5.74, 6) is 0.352. The molecule has 0 fully saturated rings. The third-order valence-electron chi connectivity index (χ3n) is 2.69. The summed E-state index contributed by atoms with van der Waals surface area (Å²) in [5, 5.41) is 3.30. The lowest BCUT2D eigenvalue weighted by Gasteiger charge is -2.08. The number of carbonyl (C=O) groups excluding carboxylic acids is 1. The normalized spacial score (nSPS) is 9.95. The SMILES string of the molecule is CCC(=O)Oc1cccc(NCc2ccccc2)c1. The largest absolute Gasteiger partial charge is 0.426 e. The van der Waals surface area contributed by atoms with E-state index < -0.39 is 0 Å². The Morgan fingerprint density at radius 2 is 1.89 bits per heavy atom. The number of hydrogen-bond acceptors (Lipinski definition) is 3. The molecule has 0 aliphatic rings. The van der Waals surface area contributed by atoms with E-state index in [1.54, 1.807) is 13.0 Å². The molecular formula is C16H17NO2. The second kappa shape index (κ2) is 6.59. The third kappa shape index (κ3) is 4.14. The summed E-state index contributed by atoms with van der Waals surface area (Å²) in [6.07, 6.45) is 0.377. The zero-order valence-corrected chi connectivity index (χ0v) is 10.9. The molecule has 0 radical (unpaired) electrons. The van der Waals surface area contributed by atoms with E-state index in [1.165, 1.54) is 5.56 Å². The van der Waals surface area contributed by atoms with Gasteiger partial charge in [0.25, 0.3) is 0 Å². The smallest absolute Gasteiger partial charge is 0.310 e. The van der Waals surface area contributed by atoms with Crippen LogP contribution in [0.15, 0.2) is 54.6 Å². The Morgan fingerprint density at radius 3 is 2.63 bits per heavy atom. The monoisotopic (exact) mass is 255 g/mol. The average Bonchev–Trinajstić information content (AvgIpc) is 2.46. The van der Waals surface area contributed by atoms with E-state index in [2.05, 4.69) is 17.4 Å². The standard InChI is InChI=1S/C16H17NO2/c1-2-16(18)19-15-10-6-9-14(11-15)17-12-13-7-4-3-5-8-13/h3-11,17H,2,12H2,1H3. The lowest BCUT2D eigenvalue weighted by Crippen LogP contribution is -2.06. The quantitative estimate of drug-likeness (QED) is 0.655. The van der Waals surface area contributed by atoms with Gasteiger partial charge in [0.2, 0.25) is 0 Å². The molecule has 0 spiro atoms. The van der Waals surface area contributed by atoms with Crippen molar-refractivity contribution in [1.29, 1.82) is 0 Å².